The average molecular weight is 475 g/mol. The second-order valence-electron chi connectivity index (χ2n) is 9.18. The Labute approximate surface area is 202 Å². The Bertz CT molecular complexity index is 873. The number of benzene rings is 1. The Balaban J connectivity index is 1.51. The number of nitrogens with zero attached hydrogens (tertiary/aromatic N) is 5. The number of rotatable bonds is 8. The van der Waals surface area contributed by atoms with Crippen molar-refractivity contribution in [3.8, 4) is 5.75 Å². The van der Waals surface area contributed by atoms with Gasteiger partial charge in [0.2, 0.25) is 11.9 Å². The van der Waals surface area contributed by atoms with Gasteiger partial charge >= 0.3 is 0 Å². The molecule has 0 spiro atoms. The monoisotopic (exact) mass is 474 g/mol. The van der Waals surface area contributed by atoms with E-state index in [4.69, 9.17) is 20.5 Å². The third-order valence-electron chi connectivity index (χ3n) is 6.97. The van der Waals surface area contributed by atoms with Crippen LogP contribution in [0.4, 0.5) is 10.1 Å². The van der Waals surface area contributed by atoms with Crippen molar-refractivity contribution < 1.29 is 9.13 Å². The summed E-state index contributed by atoms with van der Waals surface area (Å²) in [5.41, 5.74) is 7.12. The molecule has 4 N–H and O–H groups in total. The fraction of sp³-hybridized carbons (Fsp3) is 0.667. The summed E-state index contributed by atoms with van der Waals surface area (Å²) in [5, 5.41) is 6.52. The minimum Gasteiger partial charge on any atom is -0.494 e. The zero-order valence-corrected chi connectivity index (χ0v) is 20.5. The summed E-state index contributed by atoms with van der Waals surface area (Å²) in [4.78, 5) is 16.4. The van der Waals surface area contributed by atoms with Gasteiger partial charge in [-0.1, -0.05) is 13.3 Å². The zero-order chi connectivity index (χ0) is 23.9. The normalized spacial score (nSPS) is 25.4. The van der Waals surface area contributed by atoms with Gasteiger partial charge in [0.25, 0.3) is 0 Å². The van der Waals surface area contributed by atoms with Crippen molar-refractivity contribution in [3.63, 3.8) is 0 Å². The standard InChI is InChI=1S/C24H39FN8O/c1-3-32-13-7-8-19(32)17-27-23-29-22(26)33(15-14-31-11-5-4-6-12-31)24(30-23)28-18-9-10-21(34-2)20(25)16-18/h9-10,16,19,22H,3-8,11-15,17,26H2,1-2H3,(H2,27,28,29,30). The Morgan fingerprint density at radius 3 is 2.76 bits per heavy atom. The molecule has 1 aromatic carbocycles. The van der Waals surface area contributed by atoms with Gasteiger partial charge < -0.3 is 25.2 Å². The average Bonchev–Trinajstić information content (AvgIpc) is 3.31. The van der Waals surface area contributed by atoms with Gasteiger partial charge in [-0.05, 0) is 64.0 Å². The summed E-state index contributed by atoms with van der Waals surface area (Å²) in [5.74, 6) is 0.864. The van der Waals surface area contributed by atoms with Gasteiger partial charge in [-0.25, -0.2) is 9.38 Å². The molecule has 2 atom stereocenters. The predicted molar refractivity (Wildman–Crippen MR) is 135 cm³/mol. The molecule has 0 amide bonds. The van der Waals surface area contributed by atoms with Crippen molar-refractivity contribution in [2.45, 2.75) is 51.4 Å². The Morgan fingerprint density at radius 2 is 2.03 bits per heavy atom. The molecular weight excluding hydrogens is 435 g/mol. The summed E-state index contributed by atoms with van der Waals surface area (Å²) in [7, 11) is 1.45. The largest absolute Gasteiger partial charge is 0.494 e. The van der Waals surface area contributed by atoms with Gasteiger partial charge in [0.15, 0.2) is 17.9 Å². The summed E-state index contributed by atoms with van der Waals surface area (Å²) >= 11 is 0. The number of hydrogen-bond donors (Lipinski definition) is 3. The molecule has 0 aromatic heterocycles. The molecule has 3 aliphatic heterocycles. The molecule has 2 unspecified atom stereocenters. The van der Waals surface area contributed by atoms with E-state index < -0.39 is 12.1 Å². The van der Waals surface area contributed by atoms with Crippen molar-refractivity contribution in [1.29, 1.82) is 0 Å². The van der Waals surface area contributed by atoms with Crippen LogP contribution in [0.5, 0.6) is 5.75 Å². The highest BCUT2D eigenvalue weighted by Crippen LogP contribution is 2.22. The molecule has 3 heterocycles. The first-order valence-corrected chi connectivity index (χ1v) is 12.6. The zero-order valence-electron chi connectivity index (χ0n) is 20.5. The van der Waals surface area contributed by atoms with Crippen molar-refractivity contribution in [2.24, 2.45) is 15.7 Å². The van der Waals surface area contributed by atoms with Crippen LogP contribution in [0, 0.1) is 5.82 Å². The number of halogens is 1. The number of aliphatic imine (C=N–C) groups is 2. The van der Waals surface area contributed by atoms with Crippen LogP contribution in [0.3, 0.4) is 0 Å². The summed E-state index contributed by atoms with van der Waals surface area (Å²) in [6, 6.07) is 5.22. The van der Waals surface area contributed by atoms with Crippen molar-refractivity contribution in [1.82, 2.24) is 20.0 Å². The van der Waals surface area contributed by atoms with Crippen LogP contribution < -0.4 is 21.1 Å². The number of likely N-dealkylation sites (tertiary alicyclic amines) is 2. The number of nitrogens with one attached hydrogen (secondary N) is 2. The van der Waals surface area contributed by atoms with Crippen LogP contribution in [0.1, 0.15) is 39.0 Å². The van der Waals surface area contributed by atoms with Gasteiger partial charge in [-0.15, -0.1) is 0 Å². The van der Waals surface area contributed by atoms with E-state index in [0.717, 1.165) is 39.1 Å². The number of ether oxygens (including phenoxy) is 1. The first-order valence-electron chi connectivity index (χ1n) is 12.6. The highest BCUT2D eigenvalue weighted by molar-refractivity contribution is 6.03. The number of nitrogens with two attached hydrogens (primary N) is 1. The number of guanidine groups is 2. The minimum atomic E-state index is -0.475. The quantitative estimate of drug-likeness (QED) is 0.531. The van der Waals surface area contributed by atoms with Crippen molar-refractivity contribution >= 4 is 17.6 Å². The molecule has 188 valence electrons. The molecule has 4 rings (SSSR count). The minimum absolute atomic E-state index is 0.204. The van der Waals surface area contributed by atoms with Crippen molar-refractivity contribution in [2.75, 3.05) is 58.2 Å². The van der Waals surface area contributed by atoms with Gasteiger partial charge in [-0.3, -0.25) is 10.6 Å². The number of anilines is 1. The molecule has 0 saturated carbocycles. The molecule has 0 bridgehead atoms. The Kier molecular flexibility index (Phi) is 8.58. The van der Waals surface area contributed by atoms with E-state index in [9.17, 15) is 4.39 Å². The first-order chi connectivity index (χ1) is 16.6. The second-order valence-corrected chi connectivity index (χ2v) is 9.18. The number of piperidine rings is 1. The van der Waals surface area contributed by atoms with E-state index in [1.54, 1.807) is 12.1 Å². The van der Waals surface area contributed by atoms with Gasteiger partial charge in [0.1, 0.15) is 0 Å². The topological polar surface area (TPSA) is 93.8 Å². The molecule has 3 aliphatic rings. The lowest BCUT2D eigenvalue weighted by Gasteiger charge is -2.38. The number of hydrogen-bond acceptors (Lipinski definition) is 7. The third kappa shape index (κ3) is 6.17. The van der Waals surface area contributed by atoms with Crippen LogP contribution in [-0.4, -0.2) is 91.9 Å². The maximum Gasteiger partial charge on any atom is 0.223 e. The molecule has 1 aromatic rings. The second kappa shape index (κ2) is 11.8. The first kappa shape index (κ1) is 24.7. The van der Waals surface area contributed by atoms with E-state index in [-0.39, 0.29) is 5.75 Å². The highest BCUT2D eigenvalue weighted by Gasteiger charge is 2.28. The van der Waals surface area contributed by atoms with E-state index >= 15 is 0 Å². The highest BCUT2D eigenvalue weighted by atomic mass is 19.1. The fourth-order valence-corrected chi connectivity index (χ4v) is 4.98. The maximum absolute atomic E-state index is 14.3. The van der Waals surface area contributed by atoms with E-state index in [1.807, 2.05) is 4.90 Å². The summed E-state index contributed by atoms with van der Waals surface area (Å²) in [6.45, 7) is 8.86. The van der Waals surface area contributed by atoms with Gasteiger partial charge in [0.05, 0.1) is 13.7 Å². The molecule has 0 aliphatic carbocycles. The molecule has 0 radical (unpaired) electrons. The third-order valence-corrected chi connectivity index (χ3v) is 6.97. The van der Waals surface area contributed by atoms with Crippen LogP contribution in [0.2, 0.25) is 0 Å². The van der Waals surface area contributed by atoms with Crippen LogP contribution in [0.25, 0.3) is 0 Å². The SMILES string of the molecule is CCN1CCCC1CN=C1N=C(Nc2ccc(OC)c(F)c2)N(CCN2CCCCC2)C(N)N1. The molecule has 9 nitrogen and oxygen atoms in total. The van der Waals surface area contributed by atoms with Gasteiger partial charge in [0, 0.05) is 30.9 Å². The Morgan fingerprint density at radius 1 is 1.21 bits per heavy atom. The summed E-state index contributed by atoms with van der Waals surface area (Å²) in [6.07, 6.45) is 5.66. The van der Waals surface area contributed by atoms with E-state index in [2.05, 4.69) is 27.4 Å². The van der Waals surface area contributed by atoms with E-state index in [1.165, 1.54) is 38.9 Å². The van der Waals surface area contributed by atoms with Crippen LogP contribution in [0.15, 0.2) is 28.2 Å². The number of likely N-dealkylation sites (N-methyl/N-ethyl adjacent to an activating group) is 1. The number of methoxy groups -OCH3 is 1. The van der Waals surface area contributed by atoms with Gasteiger partial charge in [-0.2, -0.15) is 4.99 Å². The summed E-state index contributed by atoms with van der Waals surface area (Å²) < 4.78 is 19.4. The molecular formula is C24H39FN8O. The van der Waals surface area contributed by atoms with Crippen LogP contribution in [-0.2, 0) is 0 Å². The lowest BCUT2D eigenvalue weighted by atomic mass is 10.1. The molecule has 2 saturated heterocycles. The van der Waals surface area contributed by atoms with Crippen molar-refractivity contribution in [3.05, 3.63) is 24.0 Å². The Hall–Kier alpha value is -2.43. The molecule has 34 heavy (non-hydrogen) atoms. The predicted octanol–water partition coefficient (Wildman–Crippen LogP) is 2.08. The van der Waals surface area contributed by atoms with Crippen LogP contribution >= 0.6 is 0 Å². The van der Waals surface area contributed by atoms with E-state index in [0.29, 0.717) is 36.7 Å². The maximum atomic E-state index is 14.3. The molecule has 2 fully saturated rings. The lowest BCUT2D eigenvalue weighted by Crippen LogP contribution is -2.62. The fourth-order valence-electron chi connectivity index (χ4n) is 4.98. The smallest absolute Gasteiger partial charge is 0.223 e. The molecule has 10 heteroatoms. The lowest BCUT2D eigenvalue weighted by molar-refractivity contribution is 0.190.